The number of nitrogens with one attached hydrogen (secondary N) is 2. The maximum Gasteiger partial charge on any atom is 0.321 e. The molecular formula is C17H19N3O4S2. The summed E-state index contributed by atoms with van der Waals surface area (Å²) in [6.45, 7) is 0.402. The van der Waals surface area contributed by atoms with Gasteiger partial charge < -0.3 is 15.0 Å². The fraction of sp³-hybridized carbons (Fsp3) is 0.235. The van der Waals surface area contributed by atoms with Gasteiger partial charge in [0.15, 0.2) is 0 Å². The van der Waals surface area contributed by atoms with Crippen LogP contribution in [0.25, 0.3) is 0 Å². The number of nitrogens with zero attached hydrogens (tertiary/aromatic N) is 1. The maximum atomic E-state index is 12.8. The first-order valence-electron chi connectivity index (χ1n) is 7.74. The minimum absolute atomic E-state index is 0.0661. The minimum Gasteiger partial charge on any atom is -0.495 e. The van der Waals surface area contributed by atoms with E-state index in [1.807, 2.05) is 6.26 Å². The van der Waals surface area contributed by atoms with Crippen molar-refractivity contribution in [2.45, 2.75) is 16.3 Å². The molecule has 0 fully saturated rings. The molecule has 7 nitrogen and oxygen atoms in total. The van der Waals surface area contributed by atoms with Gasteiger partial charge in [0, 0.05) is 18.5 Å². The molecule has 2 aromatic carbocycles. The van der Waals surface area contributed by atoms with Crippen LogP contribution < -0.4 is 14.8 Å². The molecule has 9 heteroatoms. The van der Waals surface area contributed by atoms with E-state index >= 15 is 0 Å². The largest absolute Gasteiger partial charge is 0.495 e. The number of urea groups is 1. The quantitative estimate of drug-likeness (QED) is 0.762. The fourth-order valence-corrected chi connectivity index (χ4v) is 4.58. The highest BCUT2D eigenvalue weighted by Crippen LogP contribution is 2.36. The summed E-state index contributed by atoms with van der Waals surface area (Å²) in [7, 11) is -0.706. The Morgan fingerprint density at radius 2 is 2.00 bits per heavy atom. The van der Waals surface area contributed by atoms with Crippen molar-refractivity contribution in [1.82, 2.24) is 4.90 Å². The molecule has 0 atom stereocenters. The van der Waals surface area contributed by atoms with Gasteiger partial charge in [-0.25, -0.2) is 13.2 Å². The Balaban J connectivity index is 2.00. The Hall–Kier alpha value is -2.39. The number of sulfonamides is 1. The van der Waals surface area contributed by atoms with Crippen molar-refractivity contribution in [2.24, 2.45) is 0 Å². The van der Waals surface area contributed by atoms with Gasteiger partial charge in [0.05, 0.1) is 18.5 Å². The molecule has 1 aliphatic heterocycles. The van der Waals surface area contributed by atoms with Crippen LogP contribution in [0.1, 0.15) is 5.56 Å². The third kappa shape index (κ3) is 3.45. The first-order valence-corrected chi connectivity index (χ1v) is 10.5. The van der Waals surface area contributed by atoms with E-state index in [9.17, 15) is 13.2 Å². The van der Waals surface area contributed by atoms with E-state index in [-0.39, 0.29) is 16.7 Å². The number of amides is 2. The van der Waals surface area contributed by atoms with E-state index in [4.69, 9.17) is 4.74 Å². The lowest BCUT2D eigenvalue weighted by atomic mass is 10.1. The van der Waals surface area contributed by atoms with Gasteiger partial charge in [-0.3, -0.25) is 4.72 Å². The lowest BCUT2D eigenvalue weighted by Gasteiger charge is -2.28. The number of anilines is 2. The van der Waals surface area contributed by atoms with E-state index in [2.05, 4.69) is 10.0 Å². The van der Waals surface area contributed by atoms with Gasteiger partial charge in [-0.05, 0) is 36.1 Å². The van der Waals surface area contributed by atoms with Crippen molar-refractivity contribution >= 4 is 39.2 Å². The summed E-state index contributed by atoms with van der Waals surface area (Å²) in [4.78, 5) is 14.3. The third-order valence-corrected chi connectivity index (χ3v) is 6.18. The zero-order valence-corrected chi connectivity index (χ0v) is 16.2. The zero-order valence-electron chi connectivity index (χ0n) is 14.6. The van der Waals surface area contributed by atoms with Gasteiger partial charge in [-0.1, -0.05) is 12.1 Å². The van der Waals surface area contributed by atoms with Crippen molar-refractivity contribution in [3.8, 4) is 5.75 Å². The van der Waals surface area contributed by atoms with Crippen LogP contribution in [0.2, 0.25) is 0 Å². The molecule has 2 aromatic rings. The maximum absolute atomic E-state index is 12.8. The summed E-state index contributed by atoms with van der Waals surface area (Å²) in [5.41, 5.74) is 2.00. The number of benzene rings is 2. The molecule has 26 heavy (non-hydrogen) atoms. The number of carbonyl (C=O) groups is 1. The van der Waals surface area contributed by atoms with Crippen LogP contribution in [0.3, 0.4) is 0 Å². The topological polar surface area (TPSA) is 87.7 Å². The van der Waals surface area contributed by atoms with Crippen LogP contribution in [0, 0.1) is 0 Å². The van der Waals surface area contributed by atoms with E-state index < -0.39 is 10.0 Å². The van der Waals surface area contributed by atoms with Gasteiger partial charge >= 0.3 is 6.03 Å². The van der Waals surface area contributed by atoms with E-state index in [1.54, 1.807) is 37.4 Å². The second-order valence-corrected chi connectivity index (χ2v) is 8.25. The lowest BCUT2D eigenvalue weighted by Crippen LogP contribution is -2.35. The van der Waals surface area contributed by atoms with Crippen LogP contribution in [0.15, 0.2) is 46.2 Å². The Bertz CT molecular complexity index is 960. The van der Waals surface area contributed by atoms with Crippen LogP contribution in [-0.4, -0.2) is 39.8 Å². The van der Waals surface area contributed by atoms with Crippen molar-refractivity contribution < 1.29 is 17.9 Å². The molecular weight excluding hydrogens is 374 g/mol. The fourth-order valence-electron chi connectivity index (χ4n) is 2.74. The first-order chi connectivity index (χ1) is 12.4. The molecule has 0 saturated carbocycles. The summed E-state index contributed by atoms with van der Waals surface area (Å²) in [5.74, 6) is 0.273. The van der Waals surface area contributed by atoms with Gasteiger partial charge in [0.25, 0.3) is 10.0 Å². The van der Waals surface area contributed by atoms with Crippen LogP contribution in [-0.2, 0) is 16.6 Å². The standard InChI is InChI=1S/C17H19N3O4S2/c1-20-10-11-8-12(9-14(25-3)16(11)18-17(20)21)19-26(22,23)15-7-5-4-6-13(15)24-2/h4-9,19H,10H2,1-3H3,(H,18,21). The second kappa shape index (κ2) is 7.08. The Kier molecular flexibility index (Phi) is 5.01. The molecule has 0 aromatic heterocycles. The predicted molar refractivity (Wildman–Crippen MR) is 103 cm³/mol. The lowest BCUT2D eigenvalue weighted by molar-refractivity contribution is 0.218. The molecule has 0 aliphatic carbocycles. The highest BCUT2D eigenvalue weighted by atomic mass is 32.2. The Morgan fingerprint density at radius 1 is 1.27 bits per heavy atom. The highest BCUT2D eigenvalue weighted by molar-refractivity contribution is 7.98. The van der Waals surface area contributed by atoms with Crippen molar-refractivity contribution in [3.05, 3.63) is 42.0 Å². The van der Waals surface area contributed by atoms with Crippen LogP contribution in [0.5, 0.6) is 5.75 Å². The minimum atomic E-state index is -3.82. The third-order valence-electron chi connectivity index (χ3n) is 4.00. The summed E-state index contributed by atoms with van der Waals surface area (Å²) >= 11 is 1.44. The summed E-state index contributed by atoms with van der Waals surface area (Å²) in [6, 6.07) is 9.70. The number of hydrogen-bond donors (Lipinski definition) is 2. The Labute approximate surface area is 156 Å². The SMILES string of the molecule is COc1ccccc1S(=O)(=O)Nc1cc2c(c(SC)c1)NC(=O)N(C)C2. The number of carbonyl (C=O) groups excluding carboxylic acids is 1. The average Bonchev–Trinajstić information content (AvgIpc) is 2.62. The van der Waals surface area contributed by atoms with Gasteiger partial charge in [-0.2, -0.15) is 0 Å². The summed E-state index contributed by atoms with van der Waals surface area (Å²) in [5, 5.41) is 2.84. The van der Waals surface area contributed by atoms with Crippen LogP contribution >= 0.6 is 11.8 Å². The van der Waals surface area contributed by atoms with E-state index in [0.29, 0.717) is 12.2 Å². The molecule has 0 unspecified atom stereocenters. The molecule has 2 N–H and O–H groups in total. The first kappa shape index (κ1) is 18.4. The van der Waals surface area contributed by atoms with Crippen molar-refractivity contribution in [2.75, 3.05) is 30.5 Å². The second-order valence-electron chi connectivity index (χ2n) is 5.76. The molecule has 1 heterocycles. The molecule has 0 saturated heterocycles. The smallest absolute Gasteiger partial charge is 0.321 e. The number of fused-ring (bicyclic) bond motifs is 1. The molecule has 2 amide bonds. The predicted octanol–water partition coefficient (Wildman–Crippen LogP) is 3.20. The number of rotatable bonds is 5. The number of para-hydroxylation sites is 1. The monoisotopic (exact) mass is 393 g/mol. The van der Waals surface area contributed by atoms with Gasteiger partial charge in [0.2, 0.25) is 0 Å². The van der Waals surface area contributed by atoms with Crippen LogP contribution in [0.4, 0.5) is 16.2 Å². The molecule has 0 spiro atoms. The van der Waals surface area contributed by atoms with Crippen molar-refractivity contribution in [3.63, 3.8) is 0 Å². The van der Waals surface area contributed by atoms with Crippen molar-refractivity contribution in [1.29, 1.82) is 0 Å². The number of hydrogen-bond acceptors (Lipinski definition) is 5. The average molecular weight is 393 g/mol. The normalized spacial score (nSPS) is 13.8. The number of thioether (sulfide) groups is 1. The zero-order chi connectivity index (χ0) is 18.9. The van der Waals surface area contributed by atoms with E-state index in [0.717, 1.165) is 16.1 Å². The molecule has 3 rings (SSSR count). The van der Waals surface area contributed by atoms with E-state index in [1.165, 1.54) is 29.8 Å². The summed E-state index contributed by atoms with van der Waals surface area (Å²) in [6.07, 6.45) is 1.87. The molecule has 0 radical (unpaired) electrons. The number of ether oxygens (including phenoxy) is 1. The number of methoxy groups -OCH3 is 1. The molecule has 0 bridgehead atoms. The molecule has 138 valence electrons. The highest BCUT2D eigenvalue weighted by Gasteiger charge is 2.24. The Morgan fingerprint density at radius 3 is 2.69 bits per heavy atom. The molecule has 1 aliphatic rings. The van der Waals surface area contributed by atoms with Gasteiger partial charge in [-0.15, -0.1) is 11.8 Å². The summed E-state index contributed by atoms with van der Waals surface area (Å²) < 4.78 is 33.3. The van der Waals surface area contributed by atoms with Gasteiger partial charge in [0.1, 0.15) is 10.6 Å².